The highest BCUT2D eigenvalue weighted by molar-refractivity contribution is 7.99. The van der Waals surface area contributed by atoms with Crippen molar-refractivity contribution in [1.82, 2.24) is 10.6 Å². The van der Waals surface area contributed by atoms with E-state index in [0.29, 0.717) is 6.04 Å². The van der Waals surface area contributed by atoms with Gasteiger partial charge in [0.1, 0.15) is 0 Å². The maximum Gasteiger partial charge on any atom is 0.191 e. The van der Waals surface area contributed by atoms with Crippen molar-refractivity contribution in [3.63, 3.8) is 0 Å². The van der Waals surface area contributed by atoms with E-state index in [-0.39, 0.29) is 0 Å². The summed E-state index contributed by atoms with van der Waals surface area (Å²) in [5.74, 6) is 3.32. The van der Waals surface area contributed by atoms with Gasteiger partial charge in [0, 0.05) is 66.1 Å². The fourth-order valence-electron chi connectivity index (χ4n) is 3.21. The Morgan fingerprint density at radius 2 is 1.89 bits per heavy atom. The van der Waals surface area contributed by atoms with Gasteiger partial charge in [-0.1, -0.05) is 12.1 Å². The topological polar surface area (TPSA) is 39.7 Å². The number of nitrogens with zero attached hydrogens (tertiary/aromatic N) is 2. The Balaban J connectivity index is 1.47. The van der Waals surface area contributed by atoms with Crippen molar-refractivity contribution in [2.45, 2.75) is 32.9 Å². The molecule has 0 aliphatic carbocycles. The number of hydrogen-bond donors (Lipinski definition) is 2. The predicted octanol–water partition coefficient (Wildman–Crippen LogP) is 3.91. The number of nitrogens with one attached hydrogen (secondary N) is 2. The molecule has 6 heteroatoms. The van der Waals surface area contributed by atoms with Crippen LogP contribution in [0.1, 0.15) is 22.2 Å². The molecule has 2 heterocycles. The number of aryl methyl sites for hydroxylation is 1. The van der Waals surface area contributed by atoms with Crippen LogP contribution in [0.2, 0.25) is 0 Å². The minimum atomic E-state index is 0.341. The van der Waals surface area contributed by atoms with Gasteiger partial charge in [0.2, 0.25) is 0 Å². The van der Waals surface area contributed by atoms with E-state index in [4.69, 9.17) is 0 Å². The molecule has 27 heavy (non-hydrogen) atoms. The van der Waals surface area contributed by atoms with Gasteiger partial charge in [-0.15, -0.1) is 11.3 Å². The Labute approximate surface area is 171 Å². The van der Waals surface area contributed by atoms with Crippen molar-refractivity contribution in [3.8, 4) is 0 Å². The number of thioether (sulfide) groups is 1. The Bertz CT molecular complexity index is 733. The second-order valence-electron chi connectivity index (χ2n) is 6.95. The van der Waals surface area contributed by atoms with Gasteiger partial charge in [-0.3, -0.25) is 4.99 Å². The van der Waals surface area contributed by atoms with Crippen molar-refractivity contribution in [3.05, 3.63) is 51.7 Å². The zero-order valence-corrected chi connectivity index (χ0v) is 18.1. The summed E-state index contributed by atoms with van der Waals surface area (Å²) >= 11 is 3.91. The first kappa shape index (κ1) is 20.1. The lowest BCUT2D eigenvalue weighted by atomic mass is 10.2. The molecule has 1 aromatic carbocycles. The van der Waals surface area contributed by atoms with Crippen LogP contribution in [0, 0.1) is 6.92 Å². The van der Waals surface area contributed by atoms with Gasteiger partial charge in [-0.05, 0) is 43.7 Å². The van der Waals surface area contributed by atoms with Crippen molar-refractivity contribution >= 4 is 34.7 Å². The summed E-state index contributed by atoms with van der Waals surface area (Å²) < 4.78 is 0. The van der Waals surface area contributed by atoms with Gasteiger partial charge in [0.25, 0.3) is 0 Å². The van der Waals surface area contributed by atoms with Crippen LogP contribution in [0.5, 0.6) is 0 Å². The first-order valence-corrected chi connectivity index (χ1v) is 11.6. The number of aliphatic imine (C=N–C) groups is 1. The average molecular weight is 403 g/mol. The summed E-state index contributed by atoms with van der Waals surface area (Å²) in [6.07, 6.45) is 1.02. The van der Waals surface area contributed by atoms with E-state index in [2.05, 4.69) is 70.8 Å². The molecule has 4 nitrogen and oxygen atoms in total. The molecule has 0 saturated carbocycles. The van der Waals surface area contributed by atoms with Crippen LogP contribution >= 0.6 is 23.1 Å². The number of hydrogen-bond acceptors (Lipinski definition) is 4. The lowest BCUT2D eigenvalue weighted by Gasteiger charge is -2.28. The normalized spacial score (nSPS) is 16.3. The van der Waals surface area contributed by atoms with E-state index in [0.717, 1.165) is 32.0 Å². The Hall–Kier alpha value is -1.66. The predicted molar refractivity (Wildman–Crippen MR) is 122 cm³/mol. The maximum absolute atomic E-state index is 4.37. The third-order valence-corrected chi connectivity index (χ3v) is 6.65. The van der Waals surface area contributed by atoms with Gasteiger partial charge in [0.15, 0.2) is 5.96 Å². The van der Waals surface area contributed by atoms with Crippen LogP contribution in [0.4, 0.5) is 5.69 Å². The molecule has 2 N–H and O–H groups in total. The molecule has 146 valence electrons. The Morgan fingerprint density at radius 3 is 2.52 bits per heavy atom. The van der Waals surface area contributed by atoms with E-state index >= 15 is 0 Å². The molecule has 1 unspecified atom stereocenters. The maximum atomic E-state index is 4.37. The third-order valence-electron chi connectivity index (χ3n) is 4.68. The largest absolute Gasteiger partial charge is 0.370 e. The van der Waals surface area contributed by atoms with Gasteiger partial charge >= 0.3 is 0 Å². The Kier molecular flexibility index (Phi) is 7.47. The summed E-state index contributed by atoms with van der Waals surface area (Å²) in [6, 6.07) is 13.7. The summed E-state index contributed by atoms with van der Waals surface area (Å²) in [7, 11) is 1.83. The average Bonchev–Trinajstić information content (AvgIpc) is 3.10. The lowest BCUT2D eigenvalue weighted by molar-refractivity contribution is 0.645. The molecule has 0 radical (unpaired) electrons. The molecule has 3 rings (SSSR count). The zero-order valence-electron chi connectivity index (χ0n) is 16.5. The van der Waals surface area contributed by atoms with E-state index < -0.39 is 0 Å². The van der Waals surface area contributed by atoms with Crippen molar-refractivity contribution in [2.24, 2.45) is 4.99 Å². The molecule has 0 bridgehead atoms. The molecule has 0 amide bonds. The first-order valence-electron chi connectivity index (χ1n) is 9.58. The highest BCUT2D eigenvalue weighted by Crippen LogP contribution is 2.20. The molecular formula is C21H30N4S2. The molecule has 1 atom stereocenters. The molecule has 1 aliphatic rings. The highest BCUT2D eigenvalue weighted by Gasteiger charge is 2.11. The zero-order chi connectivity index (χ0) is 19.1. The van der Waals surface area contributed by atoms with E-state index in [1.165, 1.54) is 32.5 Å². The van der Waals surface area contributed by atoms with E-state index in [1.54, 1.807) is 0 Å². The summed E-state index contributed by atoms with van der Waals surface area (Å²) in [5.41, 5.74) is 2.61. The van der Waals surface area contributed by atoms with Gasteiger partial charge in [0.05, 0.1) is 0 Å². The van der Waals surface area contributed by atoms with Crippen molar-refractivity contribution in [1.29, 1.82) is 0 Å². The van der Waals surface area contributed by atoms with Crippen LogP contribution < -0.4 is 15.5 Å². The fraction of sp³-hybridized carbons (Fsp3) is 0.476. The van der Waals surface area contributed by atoms with Crippen LogP contribution in [0.15, 0.2) is 41.4 Å². The smallest absolute Gasteiger partial charge is 0.191 e. The third kappa shape index (κ3) is 6.18. The van der Waals surface area contributed by atoms with Gasteiger partial charge in [-0.25, -0.2) is 0 Å². The summed E-state index contributed by atoms with van der Waals surface area (Å²) in [5, 5.41) is 6.92. The fourth-order valence-corrected chi connectivity index (χ4v) is 5.13. The lowest BCUT2D eigenvalue weighted by Crippen LogP contribution is -2.42. The van der Waals surface area contributed by atoms with Gasteiger partial charge < -0.3 is 15.5 Å². The van der Waals surface area contributed by atoms with E-state index in [9.17, 15) is 0 Å². The molecule has 1 saturated heterocycles. The second-order valence-corrected chi connectivity index (χ2v) is 9.55. The van der Waals surface area contributed by atoms with Crippen LogP contribution in [0.25, 0.3) is 0 Å². The summed E-state index contributed by atoms with van der Waals surface area (Å²) in [6.45, 7) is 7.44. The van der Waals surface area contributed by atoms with Gasteiger partial charge in [-0.2, -0.15) is 11.8 Å². The monoisotopic (exact) mass is 402 g/mol. The van der Waals surface area contributed by atoms with E-state index in [1.807, 2.05) is 30.1 Å². The number of anilines is 1. The standard InChI is InChI=1S/C21H30N4S2/c1-16(14-20-9-4-17(2)27-20)24-21(22-3)23-15-18-5-7-19(8-6-18)25-10-12-26-13-11-25/h4-9,16H,10-15H2,1-3H3,(H2,22,23,24). The Morgan fingerprint density at radius 1 is 1.15 bits per heavy atom. The van der Waals surface area contributed by atoms with Crippen LogP contribution in [-0.4, -0.2) is 43.6 Å². The van der Waals surface area contributed by atoms with Crippen molar-refractivity contribution in [2.75, 3.05) is 36.5 Å². The second kappa shape index (κ2) is 10.0. The van der Waals surface area contributed by atoms with Crippen LogP contribution in [0.3, 0.4) is 0 Å². The number of rotatable bonds is 6. The highest BCUT2D eigenvalue weighted by atomic mass is 32.2. The molecule has 0 spiro atoms. The molecule has 1 fully saturated rings. The summed E-state index contributed by atoms with van der Waals surface area (Å²) in [4.78, 5) is 9.62. The van der Waals surface area contributed by atoms with Crippen molar-refractivity contribution < 1.29 is 0 Å². The quantitative estimate of drug-likeness (QED) is 0.568. The number of benzene rings is 1. The molecule has 1 aliphatic heterocycles. The first-order chi connectivity index (χ1) is 13.1. The molecule has 2 aromatic rings. The minimum absolute atomic E-state index is 0.341. The number of guanidine groups is 1. The molecule has 1 aromatic heterocycles. The minimum Gasteiger partial charge on any atom is -0.370 e. The molecular weight excluding hydrogens is 372 g/mol. The number of thiophene rings is 1. The SMILES string of the molecule is CN=C(NCc1ccc(N2CCSCC2)cc1)NC(C)Cc1ccc(C)s1. The van der Waals surface area contributed by atoms with Crippen LogP contribution in [-0.2, 0) is 13.0 Å².